The zero-order valence-electron chi connectivity index (χ0n) is 12.6. The van der Waals surface area contributed by atoms with Gasteiger partial charge in [-0.15, -0.1) is 0 Å². The van der Waals surface area contributed by atoms with Crippen LogP contribution in [0.5, 0.6) is 11.5 Å². The van der Waals surface area contributed by atoms with Crippen LogP contribution in [0.4, 0.5) is 0 Å². The molecule has 1 N–H and O–H groups in total. The number of carbonyl (C=O) groups is 1. The Morgan fingerprint density at radius 2 is 1.82 bits per heavy atom. The van der Waals surface area contributed by atoms with Gasteiger partial charge in [-0.25, -0.2) is 4.79 Å². The van der Waals surface area contributed by atoms with Gasteiger partial charge < -0.3 is 14.6 Å². The third kappa shape index (κ3) is 3.67. The van der Waals surface area contributed by atoms with Crippen LogP contribution in [0, 0.1) is 0 Å². The molecule has 0 bridgehead atoms. The molecule has 2 aromatic rings. The van der Waals surface area contributed by atoms with Crippen molar-refractivity contribution in [2.75, 3.05) is 14.2 Å². The molecular weight excluding hydrogens is 280 g/mol. The molecule has 0 aliphatic rings. The highest BCUT2D eigenvalue weighted by atomic mass is 16.5. The van der Waals surface area contributed by atoms with Gasteiger partial charge in [0.15, 0.2) is 11.5 Å². The number of methoxy groups -OCH3 is 2. The Balaban J connectivity index is 2.15. The number of carboxylic acid groups (broad SMARTS) is 1. The summed E-state index contributed by atoms with van der Waals surface area (Å²) in [5, 5.41) is 9.15. The predicted octanol–water partition coefficient (Wildman–Crippen LogP) is 3.66. The maximum atomic E-state index is 11.2. The molecule has 114 valence electrons. The van der Waals surface area contributed by atoms with Gasteiger partial charge >= 0.3 is 5.97 Å². The normalized spacial score (nSPS) is 10.6. The van der Waals surface area contributed by atoms with E-state index < -0.39 is 5.97 Å². The molecule has 2 aromatic carbocycles. The molecule has 22 heavy (non-hydrogen) atoms. The lowest BCUT2D eigenvalue weighted by Gasteiger charge is -2.07. The molecule has 0 atom stereocenters. The molecule has 4 nitrogen and oxygen atoms in total. The van der Waals surface area contributed by atoms with E-state index in [0.29, 0.717) is 23.5 Å². The SMILES string of the molecule is COc1ccc(/C=C/Cc2ccccc2C(=O)O)cc1OC. The van der Waals surface area contributed by atoms with Crippen molar-refractivity contribution in [3.63, 3.8) is 0 Å². The molecule has 0 radical (unpaired) electrons. The minimum atomic E-state index is -0.907. The second-order valence-corrected chi connectivity index (χ2v) is 4.68. The zero-order valence-corrected chi connectivity index (χ0v) is 12.6. The fourth-order valence-electron chi connectivity index (χ4n) is 2.19. The number of carboxylic acids is 1. The molecule has 0 unspecified atom stereocenters. The van der Waals surface area contributed by atoms with Crippen LogP contribution in [0.15, 0.2) is 48.5 Å². The molecule has 2 rings (SSSR count). The molecule has 0 aromatic heterocycles. The molecule has 4 heteroatoms. The van der Waals surface area contributed by atoms with Gasteiger partial charge in [0.05, 0.1) is 19.8 Å². The Kier molecular flexibility index (Phi) is 5.20. The van der Waals surface area contributed by atoms with Crippen molar-refractivity contribution in [1.29, 1.82) is 0 Å². The molecular formula is C18H18O4. The van der Waals surface area contributed by atoms with Crippen molar-refractivity contribution < 1.29 is 19.4 Å². The Hall–Kier alpha value is -2.75. The number of aromatic carboxylic acids is 1. The first-order valence-corrected chi connectivity index (χ1v) is 6.85. The highest BCUT2D eigenvalue weighted by Crippen LogP contribution is 2.28. The van der Waals surface area contributed by atoms with E-state index in [2.05, 4.69) is 0 Å². The van der Waals surface area contributed by atoms with E-state index in [-0.39, 0.29) is 0 Å². The highest BCUT2D eigenvalue weighted by molar-refractivity contribution is 5.89. The summed E-state index contributed by atoms with van der Waals surface area (Å²) in [4.78, 5) is 11.2. The minimum absolute atomic E-state index is 0.333. The second-order valence-electron chi connectivity index (χ2n) is 4.68. The van der Waals surface area contributed by atoms with Crippen molar-refractivity contribution in [2.24, 2.45) is 0 Å². The van der Waals surface area contributed by atoms with Crippen molar-refractivity contribution in [1.82, 2.24) is 0 Å². The molecule has 0 aliphatic carbocycles. The predicted molar refractivity (Wildman–Crippen MR) is 85.7 cm³/mol. The minimum Gasteiger partial charge on any atom is -0.493 e. The Bertz CT molecular complexity index is 689. The Labute approximate surface area is 129 Å². The number of ether oxygens (including phenoxy) is 2. The van der Waals surface area contributed by atoms with E-state index in [9.17, 15) is 4.79 Å². The van der Waals surface area contributed by atoms with E-state index in [1.54, 1.807) is 26.4 Å². The highest BCUT2D eigenvalue weighted by Gasteiger charge is 2.07. The molecule has 0 heterocycles. The molecule has 0 spiro atoms. The summed E-state index contributed by atoms with van der Waals surface area (Å²) in [6.45, 7) is 0. The van der Waals surface area contributed by atoms with Gasteiger partial charge in [-0.3, -0.25) is 0 Å². The summed E-state index contributed by atoms with van der Waals surface area (Å²) in [6.07, 6.45) is 4.42. The summed E-state index contributed by atoms with van der Waals surface area (Å²) >= 11 is 0. The van der Waals surface area contributed by atoms with Gasteiger partial charge in [0, 0.05) is 0 Å². The maximum Gasteiger partial charge on any atom is 0.335 e. The number of hydrogen-bond donors (Lipinski definition) is 1. The second kappa shape index (κ2) is 7.31. The van der Waals surface area contributed by atoms with Crippen LogP contribution in [0.2, 0.25) is 0 Å². The van der Waals surface area contributed by atoms with Crippen LogP contribution in [-0.4, -0.2) is 25.3 Å². The standard InChI is InChI=1S/C18H18O4/c1-21-16-11-10-13(12-17(16)22-2)6-5-8-14-7-3-4-9-15(14)18(19)20/h3-7,9-12H,8H2,1-2H3,(H,19,20)/b6-5+. The first-order valence-electron chi connectivity index (χ1n) is 6.85. The summed E-state index contributed by atoms with van der Waals surface area (Å²) in [7, 11) is 3.19. The summed E-state index contributed by atoms with van der Waals surface area (Å²) in [5.74, 6) is 0.432. The topological polar surface area (TPSA) is 55.8 Å². The van der Waals surface area contributed by atoms with Gasteiger partial charge in [-0.05, 0) is 35.7 Å². The third-order valence-electron chi connectivity index (χ3n) is 3.30. The Morgan fingerprint density at radius 3 is 2.50 bits per heavy atom. The van der Waals surface area contributed by atoms with Crippen LogP contribution in [0.3, 0.4) is 0 Å². The van der Waals surface area contributed by atoms with E-state index in [1.807, 2.05) is 42.5 Å². The third-order valence-corrected chi connectivity index (χ3v) is 3.30. The maximum absolute atomic E-state index is 11.2. The lowest BCUT2D eigenvalue weighted by molar-refractivity contribution is 0.0696. The number of allylic oxidation sites excluding steroid dienone is 1. The van der Waals surface area contributed by atoms with Gasteiger partial charge in [0.25, 0.3) is 0 Å². The summed E-state index contributed by atoms with van der Waals surface area (Å²) in [6, 6.07) is 12.6. The lowest BCUT2D eigenvalue weighted by atomic mass is 10.0. The first kappa shape index (κ1) is 15.6. The molecule has 0 aliphatic heterocycles. The van der Waals surface area contributed by atoms with Gasteiger partial charge in [-0.1, -0.05) is 36.4 Å². The van der Waals surface area contributed by atoms with Gasteiger partial charge in [-0.2, -0.15) is 0 Å². The lowest BCUT2D eigenvalue weighted by Crippen LogP contribution is -2.01. The van der Waals surface area contributed by atoms with Crippen LogP contribution in [0.25, 0.3) is 6.08 Å². The smallest absolute Gasteiger partial charge is 0.335 e. The average molecular weight is 298 g/mol. The van der Waals surface area contributed by atoms with E-state index in [0.717, 1.165) is 11.1 Å². The largest absolute Gasteiger partial charge is 0.493 e. The van der Waals surface area contributed by atoms with E-state index in [4.69, 9.17) is 14.6 Å². The first-order chi connectivity index (χ1) is 10.7. The molecule has 0 fully saturated rings. The quantitative estimate of drug-likeness (QED) is 0.884. The molecule has 0 amide bonds. The number of hydrogen-bond acceptors (Lipinski definition) is 3. The number of benzene rings is 2. The zero-order chi connectivity index (χ0) is 15.9. The van der Waals surface area contributed by atoms with Crippen molar-refractivity contribution >= 4 is 12.0 Å². The molecule has 0 saturated heterocycles. The summed E-state index contributed by atoms with van der Waals surface area (Å²) < 4.78 is 10.4. The molecule has 0 saturated carbocycles. The van der Waals surface area contributed by atoms with Crippen LogP contribution in [0.1, 0.15) is 21.5 Å². The van der Waals surface area contributed by atoms with Gasteiger partial charge in [0.2, 0.25) is 0 Å². The number of rotatable bonds is 6. The average Bonchev–Trinajstić information content (AvgIpc) is 2.55. The fraction of sp³-hybridized carbons (Fsp3) is 0.167. The summed E-state index contributed by atoms with van der Waals surface area (Å²) in [5.41, 5.74) is 2.08. The van der Waals surface area contributed by atoms with E-state index in [1.165, 1.54) is 0 Å². The van der Waals surface area contributed by atoms with E-state index >= 15 is 0 Å². The van der Waals surface area contributed by atoms with Crippen LogP contribution in [-0.2, 0) is 6.42 Å². The van der Waals surface area contributed by atoms with Crippen molar-refractivity contribution in [3.05, 3.63) is 65.2 Å². The van der Waals surface area contributed by atoms with Crippen molar-refractivity contribution in [2.45, 2.75) is 6.42 Å². The Morgan fingerprint density at radius 1 is 1.09 bits per heavy atom. The fourth-order valence-corrected chi connectivity index (χ4v) is 2.19. The van der Waals surface area contributed by atoms with Gasteiger partial charge in [0.1, 0.15) is 0 Å². The van der Waals surface area contributed by atoms with Crippen LogP contribution < -0.4 is 9.47 Å². The monoisotopic (exact) mass is 298 g/mol. The van der Waals surface area contributed by atoms with Crippen molar-refractivity contribution in [3.8, 4) is 11.5 Å². The van der Waals surface area contributed by atoms with Crippen LogP contribution >= 0.6 is 0 Å².